The Balaban J connectivity index is 1.27. The summed E-state index contributed by atoms with van der Waals surface area (Å²) in [6.07, 6.45) is 3.45. The number of benzene rings is 4. The van der Waals surface area contributed by atoms with Gasteiger partial charge >= 0.3 is 0 Å². The molecule has 0 fully saturated rings. The Kier molecular flexibility index (Phi) is 10.3. The number of rotatable bonds is 15. The molecule has 0 unspecified atom stereocenters. The van der Waals surface area contributed by atoms with Crippen LogP contribution in [0.2, 0.25) is 0 Å². The summed E-state index contributed by atoms with van der Waals surface area (Å²) in [5.41, 5.74) is 4.75. The lowest BCUT2D eigenvalue weighted by atomic mass is 9.77. The van der Waals surface area contributed by atoms with E-state index in [9.17, 15) is 0 Å². The molecule has 4 rings (SSSR count). The van der Waals surface area contributed by atoms with Crippen LogP contribution in [-0.4, -0.2) is 26.2 Å². The molecule has 0 aliphatic carbocycles. The van der Waals surface area contributed by atoms with Gasteiger partial charge in [0.15, 0.2) is 0 Å². The van der Waals surface area contributed by atoms with Crippen LogP contribution in [0.1, 0.15) is 41.5 Å². The van der Waals surface area contributed by atoms with Crippen molar-refractivity contribution in [1.82, 2.24) is 16.0 Å². The number of unbranched alkanes of at least 4 members (excludes halogenated alkanes) is 1. The molecule has 0 bridgehead atoms. The minimum absolute atomic E-state index is 0.381. The lowest BCUT2D eigenvalue weighted by molar-refractivity contribution is 0.458. The van der Waals surface area contributed by atoms with Crippen molar-refractivity contribution in [1.29, 1.82) is 0 Å². The standard InChI is InChI=1S/C33H39N3/c1-5-16-29(17-6-1)28-35-25-14-13-24-34-26-15-27-36-33(30-18-7-2-8-19-30,31-20-9-3-10-21-31)32-22-11-4-12-23-32/h1-12,16-23,34-36H,13-15,24-28H2. The van der Waals surface area contributed by atoms with Crippen molar-refractivity contribution in [3.05, 3.63) is 144 Å². The molecular weight excluding hydrogens is 438 g/mol. The molecule has 0 aromatic heterocycles. The van der Waals surface area contributed by atoms with Gasteiger partial charge in [-0.3, -0.25) is 5.32 Å². The number of hydrogen-bond donors (Lipinski definition) is 3. The molecule has 186 valence electrons. The predicted octanol–water partition coefficient (Wildman–Crippen LogP) is 6.12. The van der Waals surface area contributed by atoms with Gasteiger partial charge in [0, 0.05) is 6.54 Å². The maximum absolute atomic E-state index is 3.97. The molecule has 0 spiro atoms. The number of nitrogens with one attached hydrogen (secondary N) is 3. The van der Waals surface area contributed by atoms with Crippen molar-refractivity contribution in [2.45, 2.75) is 31.3 Å². The summed E-state index contributed by atoms with van der Waals surface area (Å²) in [6.45, 7) is 5.01. The highest BCUT2D eigenvalue weighted by atomic mass is 15.0. The highest BCUT2D eigenvalue weighted by molar-refractivity contribution is 5.49. The Morgan fingerprint density at radius 1 is 0.417 bits per heavy atom. The van der Waals surface area contributed by atoms with Gasteiger partial charge in [0.1, 0.15) is 0 Å². The Hall–Kier alpha value is -3.24. The Labute approximate surface area is 217 Å². The maximum Gasteiger partial charge on any atom is 0.0947 e. The SMILES string of the molecule is c1ccc(CNCCCCNCCCNC(c2ccccc2)(c2ccccc2)c2ccccc2)cc1. The summed E-state index contributed by atoms with van der Waals surface area (Å²) < 4.78 is 0. The van der Waals surface area contributed by atoms with E-state index in [4.69, 9.17) is 0 Å². The van der Waals surface area contributed by atoms with Crippen LogP contribution in [0.5, 0.6) is 0 Å². The molecule has 0 radical (unpaired) electrons. The van der Waals surface area contributed by atoms with Crippen molar-refractivity contribution in [3.8, 4) is 0 Å². The van der Waals surface area contributed by atoms with Crippen LogP contribution in [0, 0.1) is 0 Å². The van der Waals surface area contributed by atoms with Crippen molar-refractivity contribution in [2.24, 2.45) is 0 Å². The Morgan fingerprint density at radius 2 is 0.833 bits per heavy atom. The van der Waals surface area contributed by atoms with Crippen LogP contribution in [0.25, 0.3) is 0 Å². The normalized spacial score (nSPS) is 11.4. The summed E-state index contributed by atoms with van der Waals surface area (Å²) in [6, 6.07) is 43.1. The fraction of sp³-hybridized carbons (Fsp3) is 0.273. The third-order valence-electron chi connectivity index (χ3n) is 6.67. The van der Waals surface area contributed by atoms with Crippen LogP contribution in [0.15, 0.2) is 121 Å². The van der Waals surface area contributed by atoms with E-state index in [1.807, 2.05) is 0 Å². The molecule has 0 saturated heterocycles. The van der Waals surface area contributed by atoms with E-state index < -0.39 is 0 Å². The zero-order chi connectivity index (χ0) is 24.7. The van der Waals surface area contributed by atoms with Gasteiger partial charge in [-0.15, -0.1) is 0 Å². The molecule has 0 heterocycles. The Morgan fingerprint density at radius 3 is 1.33 bits per heavy atom. The first kappa shape index (κ1) is 25.8. The van der Waals surface area contributed by atoms with E-state index in [0.29, 0.717) is 0 Å². The summed E-state index contributed by atoms with van der Waals surface area (Å²) in [5.74, 6) is 0. The molecular formula is C33H39N3. The maximum atomic E-state index is 3.97. The first-order valence-corrected chi connectivity index (χ1v) is 13.3. The molecule has 4 aromatic rings. The summed E-state index contributed by atoms with van der Waals surface area (Å²) in [7, 11) is 0. The van der Waals surface area contributed by atoms with Gasteiger partial charge in [-0.1, -0.05) is 121 Å². The summed E-state index contributed by atoms with van der Waals surface area (Å²) in [4.78, 5) is 0. The first-order valence-electron chi connectivity index (χ1n) is 13.3. The smallest absolute Gasteiger partial charge is 0.0947 e. The van der Waals surface area contributed by atoms with Crippen molar-refractivity contribution < 1.29 is 0 Å². The number of hydrogen-bond acceptors (Lipinski definition) is 3. The topological polar surface area (TPSA) is 36.1 Å². The van der Waals surface area contributed by atoms with E-state index >= 15 is 0 Å². The van der Waals surface area contributed by atoms with E-state index in [0.717, 1.165) is 39.1 Å². The highest BCUT2D eigenvalue weighted by Crippen LogP contribution is 2.36. The summed E-state index contributed by atoms with van der Waals surface area (Å²) in [5, 5.41) is 11.1. The van der Waals surface area contributed by atoms with Crippen LogP contribution < -0.4 is 16.0 Å². The highest BCUT2D eigenvalue weighted by Gasteiger charge is 2.35. The second-order valence-corrected chi connectivity index (χ2v) is 9.25. The quantitative estimate of drug-likeness (QED) is 0.143. The average Bonchev–Trinajstić information content (AvgIpc) is 2.96. The summed E-state index contributed by atoms with van der Waals surface area (Å²) >= 11 is 0. The van der Waals surface area contributed by atoms with Crippen LogP contribution in [0.3, 0.4) is 0 Å². The zero-order valence-electron chi connectivity index (χ0n) is 21.2. The third kappa shape index (κ3) is 7.14. The molecule has 0 aliphatic heterocycles. The van der Waals surface area contributed by atoms with Gasteiger partial charge in [-0.25, -0.2) is 0 Å². The largest absolute Gasteiger partial charge is 0.317 e. The van der Waals surface area contributed by atoms with E-state index in [-0.39, 0.29) is 5.54 Å². The molecule has 3 nitrogen and oxygen atoms in total. The fourth-order valence-corrected chi connectivity index (χ4v) is 4.81. The van der Waals surface area contributed by atoms with Gasteiger partial charge in [0.25, 0.3) is 0 Å². The molecule has 0 amide bonds. The van der Waals surface area contributed by atoms with Crippen molar-refractivity contribution >= 4 is 0 Å². The lowest BCUT2D eigenvalue weighted by Gasteiger charge is -2.37. The van der Waals surface area contributed by atoms with Crippen LogP contribution >= 0.6 is 0 Å². The van der Waals surface area contributed by atoms with Gasteiger partial charge in [0.2, 0.25) is 0 Å². The van der Waals surface area contributed by atoms with E-state index in [1.165, 1.54) is 35.1 Å². The monoisotopic (exact) mass is 477 g/mol. The molecule has 0 aliphatic rings. The molecule has 4 aromatic carbocycles. The molecule has 36 heavy (non-hydrogen) atoms. The van der Waals surface area contributed by atoms with Gasteiger partial charge in [-0.2, -0.15) is 0 Å². The second kappa shape index (κ2) is 14.4. The molecule has 3 N–H and O–H groups in total. The molecule has 0 atom stereocenters. The zero-order valence-corrected chi connectivity index (χ0v) is 21.2. The molecule has 0 saturated carbocycles. The minimum Gasteiger partial charge on any atom is -0.317 e. The van der Waals surface area contributed by atoms with Crippen molar-refractivity contribution in [2.75, 3.05) is 26.2 Å². The minimum atomic E-state index is -0.381. The van der Waals surface area contributed by atoms with E-state index in [1.54, 1.807) is 0 Å². The van der Waals surface area contributed by atoms with Crippen LogP contribution in [-0.2, 0) is 12.1 Å². The molecule has 3 heteroatoms. The van der Waals surface area contributed by atoms with Gasteiger partial charge in [-0.05, 0) is 67.7 Å². The van der Waals surface area contributed by atoms with Crippen molar-refractivity contribution in [3.63, 3.8) is 0 Å². The van der Waals surface area contributed by atoms with E-state index in [2.05, 4.69) is 137 Å². The fourth-order valence-electron chi connectivity index (χ4n) is 4.81. The predicted molar refractivity (Wildman–Crippen MR) is 152 cm³/mol. The van der Waals surface area contributed by atoms with Gasteiger partial charge < -0.3 is 10.6 Å². The van der Waals surface area contributed by atoms with Crippen LogP contribution in [0.4, 0.5) is 0 Å². The third-order valence-corrected chi connectivity index (χ3v) is 6.67. The lowest BCUT2D eigenvalue weighted by Crippen LogP contribution is -2.45. The van der Waals surface area contributed by atoms with Gasteiger partial charge in [0.05, 0.1) is 5.54 Å². The Bertz CT molecular complexity index is 1000. The second-order valence-electron chi connectivity index (χ2n) is 9.25. The average molecular weight is 478 g/mol. The first-order chi connectivity index (χ1) is 17.9.